The molecule has 0 fully saturated rings. The summed E-state index contributed by atoms with van der Waals surface area (Å²) in [5.74, 6) is -5.56. The molecule has 0 bridgehead atoms. The highest BCUT2D eigenvalue weighted by Crippen LogP contribution is 1.98. The van der Waals surface area contributed by atoms with Gasteiger partial charge in [0, 0.05) is 12.2 Å². The number of hydrogen-bond acceptors (Lipinski definition) is 8. The van der Waals surface area contributed by atoms with E-state index in [0.717, 1.165) is 0 Å². The zero-order valence-electron chi connectivity index (χ0n) is 14.8. The molecular weight excluding hydrogens is 396 g/mol. The number of nitrogens with two attached hydrogens (primary N) is 3. The lowest BCUT2D eigenvalue weighted by Gasteiger charge is -2.19. The SMILES string of the molecule is NC(=O)CCC(NC(=O)CNC(=O)C(CC(N)=O)NC(=O)C(N)CS)C(=O)O. The Labute approximate surface area is 165 Å². The second-order valence-corrected chi connectivity index (χ2v) is 6.07. The predicted molar refractivity (Wildman–Crippen MR) is 98.6 cm³/mol. The third-order valence-corrected chi connectivity index (χ3v) is 3.70. The molecule has 28 heavy (non-hydrogen) atoms. The molecule has 13 nitrogen and oxygen atoms in total. The molecule has 0 rings (SSSR count). The number of carbonyl (C=O) groups excluding carboxylic acids is 5. The van der Waals surface area contributed by atoms with Gasteiger partial charge in [-0.25, -0.2) is 4.79 Å². The van der Waals surface area contributed by atoms with Gasteiger partial charge in [0.05, 0.1) is 19.0 Å². The highest BCUT2D eigenvalue weighted by molar-refractivity contribution is 7.80. The van der Waals surface area contributed by atoms with Crippen LogP contribution in [0.1, 0.15) is 19.3 Å². The highest BCUT2D eigenvalue weighted by Gasteiger charge is 2.26. The van der Waals surface area contributed by atoms with Crippen LogP contribution in [0.3, 0.4) is 0 Å². The van der Waals surface area contributed by atoms with Crippen molar-refractivity contribution in [2.75, 3.05) is 12.3 Å². The van der Waals surface area contributed by atoms with E-state index in [1.54, 1.807) is 0 Å². The van der Waals surface area contributed by atoms with E-state index in [0.29, 0.717) is 0 Å². The van der Waals surface area contributed by atoms with E-state index in [9.17, 15) is 28.8 Å². The molecule has 0 spiro atoms. The largest absolute Gasteiger partial charge is 0.480 e. The maximum atomic E-state index is 12.1. The van der Waals surface area contributed by atoms with E-state index in [-0.39, 0.29) is 18.6 Å². The minimum atomic E-state index is -1.39. The summed E-state index contributed by atoms with van der Waals surface area (Å²) in [6.07, 6.45) is -1.04. The van der Waals surface area contributed by atoms with Crippen molar-refractivity contribution in [3.05, 3.63) is 0 Å². The molecule has 0 aliphatic carbocycles. The van der Waals surface area contributed by atoms with E-state index in [4.69, 9.17) is 22.3 Å². The van der Waals surface area contributed by atoms with Gasteiger partial charge in [-0.3, -0.25) is 24.0 Å². The summed E-state index contributed by atoms with van der Waals surface area (Å²) in [5, 5.41) is 15.5. The Kier molecular flexibility index (Phi) is 11.2. The summed E-state index contributed by atoms with van der Waals surface area (Å²) < 4.78 is 0. The summed E-state index contributed by atoms with van der Waals surface area (Å²) in [5.41, 5.74) is 15.4. The van der Waals surface area contributed by atoms with Crippen LogP contribution in [0.15, 0.2) is 0 Å². The molecule has 3 atom stereocenters. The van der Waals surface area contributed by atoms with Crippen molar-refractivity contribution in [1.82, 2.24) is 16.0 Å². The molecule has 3 unspecified atom stereocenters. The molecule has 0 aromatic rings. The Morgan fingerprint density at radius 3 is 2.00 bits per heavy atom. The van der Waals surface area contributed by atoms with Crippen LogP contribution in [0.5, 0.6) is 0 Å². The topological polar surface area (TPSA) is 237 Å². The summed E-state index contributed by atoms with van der Waals surface area (Å²) in [7, 11) is 0. The molecule has 0 saturated heterocycles. The van der Waals surface area contributed by atoms with Crippen molar-refractivity contribution in [1.29, 1.82) is 0 Å². The van der Waals surface area contributed by atoms with Crippen molar-refractivity contribution < 1.29 is 33.9 Å². The zero-order chi connectivity index (χ0) is 21.9. The van der Waals surface area contributed by atoms with E-state index in [1.165, 1.54) is 0 Å². The van der Waals surface area contributed by atoms with Crippen LogP contribution in [0.25, 0.3) is 0 Å². The monoisotopic (exact) mass is 420 g/mol. The molecule has 0 aromatic heterocycles. The summed E-state index contributed by atoms with van der Waals surface area (Å²) >= 11 is 3.84. The molecular formula is C14H24N6O7S. The Balaban J connectivity index is 4.78. The lowest BCUT2D eigenvalue weighted by Crippen LogP contribution is -2.54. The molecule has 0 aliphatic rings. The number of aliphatic carboxylic acids is 1. The first-order chi connectivity index (χ1) is 13.0. The van der Waals surface area contributed by atoms with Crippen LogP contribution in [0.2, 0.25) is 0 Å². The summed E-state index contributed by atoms with van der Waals surface area (Å²) in [4.78, 5) is 68.5. The van der Waals surface area contributed by atoms with Crippen LogP contribution in [-0.4, -0.2) is 71.0 Å². The van der Waals surface area contributed by atoms with Gasteiger partial charge in [0.1, 0.15) is 12.1 Å². The Hall–Kier alpha value is -2.87. The first-order valence-electron chi connectivity index (χ1n) is 8.01. The average molecular weight is 420 g/mol. The van der Waals surface area contributed by atoms with Gasteiger partial charge in [-0.05, 0) is 6.42 Å². The van der Waals surface area contributed by atoms with E-state index >= 15 is 0 Å². The second-order valence-electron chi connectivity index (χ2n) is 5.70. The van der Waals surface area contributed by atoms with Crippen molar-refractivity contribution in [2.45, 2.75) is 37.4 Å². The number of carbonyl (C=O) groups is 6. The molecule has 0 radical (unpaired) electrons. The molecule has 0 aliphatic heterocycles. The molecule has 10 N–H and O–H groups in total. The lowest BCUT2D eigenvalue weighted by atomic mass is 10.1. The van der Waals surface area contributed by atoms with Gasteiger partial charge in [-0.2, -0.15) is 12.6 Å². The molecule has 5 amide bonds. The van der Waals surface area contributed by atoms with Crippen LogP contribution < -0.4 is 33.2 Å². The molecule has 14 heteroatoms. The maximum absolute atomic E-state index is 12.1. The minimum absolute atomic E-state index is 0.0129. The normalized spacial score (nSPS) is 13.5. The van der Waals surface area contributed by atoms with Crippen molar-refractivity contribution in [3.8, 4) is 0 Å². The lowest BCUT2D eigenvalue weighted by molar-refractivity contribution is -0.142. The predicted octanol–water partition coefficient (Wildman–Crippen LogP) is -4.45. The van der Waals surface area contributed by atoms with E-state index in [1.807, 2.05) is 0 Å². The fourth-order valence-corrected chi connectivity index (χ4v) is 2.02. The van der Waals surface area contributed by atoms with Gasteiger partial charge in [-0.15, -0.1) is 0 Å². The first kappa shape index (κ1) is 25.1. The fraction of sp³-hybridized carbons (Fsp3) is 0.571. The zero-order valence-corrected chi connectivity index (χ0v) is 15.7. The molecule has 0 heterocycles. The van der Waals surface area contributed by atoms with Gasteiger partial charge in [0.2, 0.25) is 29.5 Å². The van der Waals surface area contributed by atoms with Crippen LogP contribution in [0, 0.1) is 0 Å². The number of carboxylic acid groups (broad SMARTS) is 1. The van der Waals surface area contributed by atoms with E-state index in [2.05, 4.69) is 28.6 Å². The van der Waals surface area contributed by atoms with Crippen LogP contribution in [0.4, 0.5) is 0 Å². The number of hydrogen-bond donors (Lipinski definition) is 8. The third-order valence-electron chi connectivity index (χ3n) is 3.31. The number of rotatable bonds is 13. The molecule has 0 aromatic carbocycles. The van der Waals surface area contributed by atoms with Crippen LogP contribution in [-0.2, 0) is 28.8 Å². The number of amides is 5. The quantitative estimate of drug-likeness (QED) is 0.135. The number of primary amides is 2. The van der Waals surface area contributed by atoms with Gasteiger partial charge < -0.3 is 38.3 Å². The second kappa shape index (κ2) is 12.5. The molecule has 158 valence electrons. The Bertz CT molecular complexity index is 629. The van der Waals surface area contributed by atoms with Crippen molar-refractivity contribution in [3.63, 3.8) is 0 Å². The van der Waals surface area contributed by atoms with Gasteiger partial charge >= 0.3 is 5.97 Å². The van der Waals surface area contributed by atoms with Crippen LogP contribution >= 0.6 is 12.6 Å². The highest BCUT2D eigenvalue weighted by atomic mass is 32.1. The number of nitrogens with one attached hydrogen (secondary N) is 3. The Morgan fingerprint density at radius 2 is 1.54 bits per heavy atom. The number of thiol groups is 1. The standard InChI is InChI=1S/C14H24N6O7S/c15-6(5-28)12(24)20-8(3-10(17)22)13(25)18-4-11(23)19-7(14(26)27)1-2-9(16)21/h6-8,28H,1-5,15H2,(H2,16,21)(H2,17,22)(H,18,25)(H,19,23)(H,20,24)(H,26,27). The van der Waals surface area contributed by atoms with Gasteiger partial charge in [-0.1, -0.05) is 0 Å². The summed E-state index contributed by atoms with van der Waals surface area (Å²) in [6.45, 7) is -0.650. The minimum Gasteiger partial charge on any atom is -0.480 e. The van der Waals surface area contributed by atoms with E-state index < -0.39 is 66.6 Å². The smallest absolute Gasteiger partial charge is 0.326 e. The van der Waals surface area contributed by atoms with Crippen molar-refractivity contribution >= 4 is 48.1 Å². The van der Waals surface area contributed by atoms with Gasteiger partial charge in [0.15, 0.2) is 0 Å². The average Bonchev–Trinajstić information content (AvgIpc) is 2.60. The maximum Gasteiger partial charge on any atom is 0.326 e. The Morgan fingerprint density at radius 1 is 0.929 bits per heavy atom. The van der Waals surface area contributed by atoms with Crippen molar-refractivity contribution in [2.24, 2.45) is 17.2 Å². The fourth-order valence-electron chi connectivity index (χ4n) is 1.85. The third kappa shape index (κ3) is 10.3. The van der Waals surface area contributed by atoms with Gasteiger partial charge in [0.25, 0.3) is 0 Å². The first-order valence-corrected chi connectivity index (χ1v) is 8.64. The summed E-state index contributed by atoms with van der Waals surface area (Å²) in [6, 6.07) is -3.79. The number of carboxylic acids is 1. The molecule has 0 saturated carbocycles.